The molecule has 0 spiro atoms. The van der Waals surface area contributed by atoms with Crippen molar-refractivity contribution in [2.24, 2.45) is 0 Å². The first-order chi connectivity index (χ1) is 9.90. The first kappa shape index (κ1) is 16.0. The van der Waals surface area contributed by atoms with E-state index in [-0.39, 0.29) is 5.97 Å². The van der Waals surface area contributed by atoms with Crippen LogP contribution in [0.5, 0.6) is 5.75 Å². The summed E-state index contributed by atoms with van der Waals surface area (Å²) in [7, 11) is 4.14. The third kappa shape index (κ3) is 3.66. The summed E-state index contributed by atoms with van der Waals surface area (Å²) in [5.41, 5.74) is 3.34. The zero-order chi connectivity index (χ0) is 15.6. The lowest BCUT2D eigenvalue weighted by atomic mass is 10.0. The molecule has 0 fully saturated rings. The van der Waals surface area contributed by atoms with Crippen molar-refractivity contribution in [3.05, 3.63) is 27.9 Å². The van der Waals surface area contributed by atoms with E-state index in [0.717, 1.165) is 40.5 Å². The number of halogens is 1. The first-order valence-electron chi connectivity index (χ1n) is 7.03. The maximum atomic E-state index is 11.3. The van der Waals surface area contributed by atoms with E-state index in [0.29, 0.717) is 5.75 Å². The zero-order valence-corrected chi connectivity index (χ0v) is 14.5. The van der Waals surface area contributed by atoms with Crippen molar-refractivity contribution in [1.82, 2.24) is 9.88 Å². The number of carbonyl (C=O) groups is 1. The van der Waals surface area contributed by atoms with Gasteiger partial charge in [-0.05, 0) is 73.5 Å². The highest BCUT2D eigenvalue weighted by Gasteiger charge is 2.16. The third-order valence-corrected chi connectivity index (χ3v) is 4.14. The first-order valence-corrected chi connectivity index (χ1v) is 7.82. The lowest BCUT2D eigenvalue weighted by molar-refractivity contribution is -0.131. The molecule has 0 aliphatic rings. The number of benzene rings is 1. The second-order valence-corrected chi connectivity index (χ2v) is 6.34. The van der Waals surface area contributed by atoms with Crippen molar-refractivity contribution in [3.8, 4) is 5.75 Å². The van der Waals surface area contributed by atoms with Crippen LogP contribution in [0.3, 0.4) is 0 Å². The lowest BCUT2D eigenvalue weighted by Crippen LogP contribution is -2.13. The number of hydrogen-bond donors (Lipinski definition) is 1. The average molecular weight is 353 g/mol. The Hall–Kier alpha value is -1.33. The van der Waals surface area contributed by atoms with Gasteiger partial charge < -0.3 is 14.6 Å². The summed E-state index contributed by atoms with van der Waals surface area (Å²) < 4.78 is 6.35. The molecule has 1 aromatic heterocycles. The van der Waals surface area contributed by atoms with E-state index in [2.05, 4.69) is 39.9 Å². The largest absolute Gasteiger partial charge is 0.426 e. The van der Waals surface area contributed by atoms with Crippen molar-refractivity contribution < 1.29 is 9.53 Å². The predicted octanol–water partition coefficient (Wildman–Crippen LogP) is 3.66. The molecule has 114 valence electrons. The Morgan fingerprint density at radius 2 is 2.10 bits per heavy atom. The molecular formula is C16H21BrN2O2. The number of nitrogens with zero attached hydrogens (tertiary/aromatic N) is 1. The van der Waals surface area contributed by atoms with Gasteiger partial charge in [0.1, 0.15) is 5.75 Å². The van der Waals surface area contributed by atoms with Crippen LogP contribution in [0.25, 0.3) is 10.9 Å². The molecule has 2 aromatic rings. The van der Waals surface area contributed by atoms with Crippen molar-refractivity contribution in [2.75, 3.05) is 20.6 Å². The smallest absolute Gasteiger partial charge is 0.308 e. The molecule has 1 heterocycles. The molecule has 0 atom stereocenters. The van der Waals surface area contributed by atoms with Gasteiger partial charge in [-0.25, -0.2) is 0 Å². The van der Waals surface area contributed by atoms with Gasteiger partial charge in [-0.1, -0.05) is 6.07 Å². The number of carbonyl (C=O) groups excluding carboxylic acids is 1. The molecule has 2 rings (SSSR count). The number of H-pyrrole nitrogens is 1. The minimum Gasteiger partial charge on any atom is -0.426 e. The van der Waals surface area contributed by atoms with Gasteiger partial charge in [0.05, 0.1) is 10.1 Å². The molecule has 0 aliphatic carbocycles. The minimum atomic E-state index is -0.295. The summed E-state index contributed by atoms with van der Waals surface area (Å²) in [6.45, 7) is 4.50. The number of ether oxygens (including phenoxy) is 1. The van der Waals surface area contributed by atoms with Crippen LogP contribution in [0.4, 0.5) is 0 Å². The summed E-state index contributed by atoms with van der Waals surface area (Å²) in [5, 5.41) is 1.01. The zero-order valence-electron chi connectivity index (χ0n) is 12.9. The van der Waals surface area contributed by atoms with Crippen molar-refractivity contribution >= 4 is 32.8 Å². The summed E-state index contributed by atoms with van der Waals surface area (Å²) in [4.78, 5) is 16.8. The molecule has 21 heavy (non-hydrogen) atoms. The molecule has 0 saturated heterocycles. The van der Waals surface area contributed by atoms with Gasteiger partial charge >= 0.3 is 5.97 Å². The van der Waals surface area contributed by atoms with Gasteiger partial charge in [0.25, 0.3) is 0 Å². The molecule has 0 radical (unpaired) electrons. The Bertz CT molecular complexity index is 662. The normalized spacial score (nSPS) is 11.3. The molecule has 1 aromatic carbocycles. The molecular weight excluding hydrogens is 332 g/mol. The standard InChI is InChI=1S/C16H21BrN2O2/c1-10-7-8-13(21-11(2)20)14-12(6-5-9-19(3)4)16(17)18-15(10)14/h7-8,18H,5-6,9H2,1-4H3. The van der Waals surface area contributed by atoms with Gasteiger partial charge in [-0.15, -0.1) is 0 Å². The number of aryl methyl sites for hydroxylation is 2. The van der Waals surface area contributed by atoms with E-state index >= 15 is 0 Å². The number of fused-ring (bicyclic) bond motifs is 1. The van der Waals surface area contributed by atoms with E-state index in [9.17, 15) is 4.79 Å². The number of aromatic nitrogens is 1. The summed E-state index contributed by atoms with van der Waals surface area (Å²) >= 11 is 3.60. The second-order valence-electron chi connectivity index (χ2n) is 5.55. The summed E-state index contributed by atoms with van der Waals surface area (Å²) in [6.07, 6.45) is 1.97. The van der Waals surface area contributed by atoms with Crippen molar-refractivity contribution in [2.45, 2.75) is 26.7 Å². The van der Waals surface area contributed by atoms with Gasteiger partial charge in [0, 0.05) is 12.3 Å². The molecule has 0 bridgehead atoms. The van der Waals surface area contributed by atoms with Crippen LogP contribution in [0.15, 0.2) is 16.7 Å². The van der Waals surface area contributed by atoms with Crippen LogP contribution in [-0.2, 0) is 11.2 Å². The number of aromatic amines is 1. The fourth-order valence-electron chi connectivity index (χ4n) is 2.49. The highest BCUT2D eigenvalue weighted by atomic mass is 79.9. The van der Waals surface area contributed by atoms with Crippen LogP contribution in [0.1, 0.15) is 24.5 Å². The van der Waals surface area contributed by atoms with Crippen molar-refractivity contribution in [1.29, 1.82) is 0 Å². The van der Waals surface area contributed by atoms with E-state index in [4.69, 9.17) is 4.74 Å². The maximum absolute atomic E-state index is 11.3. The molecule has 0 aliphatic heterocycles. The molecule has 0 amide bonds. The number of rotatable bonds is 5. The monoisotopic (exact) mass is 352 g/mol. The van der Waals surface area contributed by atoms with E-state index < -0.39 is 0 Å². The van der Waals surface area contributed by atoms with Gasteiger partial charge in [0.15, 0.2) is 0 Å². The van der Waals surface area contributed by atoms with Crippen LogP contribution >= 0.6 is 15.9 Å². The molecule has 0 saturated carbocycles. The third-order valence-electron chi connectivity index (χ3n) is 3.46. The molecule has 0 unspecified atom stereocenters. The van der Waals surface area contributed by atoms with Gasteiger partial charge in [0.2, 0.25) is 0 Å². The number of nitrogens with one attached hydrogen (secondary N) is 1. The Balaban J connectivity index is 2.45. The molecule has 4 nitrogen and oxygen atoms in total. The Kier molecular flexibility index (Phi) is 5.06. The number of hydrogen-bond acceptors (Lipinski definition) is 3. The number of esters is 1. The van der Waals surface area contributed by atoms with E-state index in [1.165, 1.54) is 12.5 Å². The fourth-order valence-corrected chi connectivity index (χ4v) is 3.08. The molecule has 1 N–H and O–H groups in total. The maximum Gasteiger partial charge on any atom is 0.308 e. The summed E-state index contributed by atoms with van der Waals surface area (Å²) in [5.74, 6) is 0.335. The summed E-state index contributed by atoms with van der Waals surface area (Å²) in [6, 6.07) is 3.84. The fraction of sp³-hybridized carbons (Fsp3) is 0.438. The molecule has 5 heteroatoms. The second kappa shape index (κ2) is 6.62. The highest BCUT2D eigenvalue weighted by molar-refractivity contribution is 9.10. The lowest BCUT2D eigenvalue weighted by Gasteiger charge is -2.10. The Morgan fingerprint density at radius 1 is 1.38 bits per heavy atom. The highest BCUT2D eigenvalue weighted by Crippen LogP contribution is 2.36. The van der Waals surface area contributed by atoms with Crippen LogP contribution in [0, 0.1) is 6.92 Å². The SMILES string of the molecule is CC(=O)Oc1ccc(C)c2[nH]c(Br)c(CCCN(C)C)c12. The van der Waals surface area contributed by atoms with Crippen molar-refractivity contribution in [3.63, 3.8) is 0 Å². The Morgan fingerprint density at radius 3 is 2.71 bits per heavy atom. The average Bonchev–Trinajstić information content (AvgIpc) is 2.71. The van der Waals surface area contributed by atoms with Crippen LogP contribution in [-0.4, -0.2) is 36.5 Å². The van der Waals surface area contributed by atoms with Gasteiger partial charge in [-0.2, -0.15) is 0 Å². The topological polar surface area (TPSA) is 45.3 Å². The minimum absolute atomic E-state index is 0.295. The Labute approximate surface area is 133 Å². The van der Waals surface area contributed by atoms with Crippen LogP contribution in [0.2, 0.25) is 0 Å². The van der Waals surface area contributed by atoms with Crippen LogP contribution < -0.4 is 4.74 Å². The quantitative estimate of drug-likeness (QED) is 0.659. The van der Waals surface area contributed by atoms with Gasteiger partial charge in [-0.3, -0.25) is 4.79 Å². The van der Waals surface area contributed by atoms with E-state index in [1.807, 2.05) is 19.1 Å². The predicted molar refractivity (Wildman–Crippen MR) is 88.9 cm³/mol. The van der Waals surface area contributed by atoms with E-state index in [1.54, 1.807) is 0 Å².